The molecule has 9 heteroatoms. The van der Waals surface area contributed by atoms with Gasteiger partial charge in [0.15, 0.2) is 0 Å². The molecule has 2 aromatic rings. The van der Waals surface area contributed by atoms with Gasteiger partial charge in [0.05, 0.1) is 25.9 Å². The molecule has 1 saturated heterocycles. The average Bonchev–Trinajstić information content (AvgIpc) is 2.77. The Morgan fingerprint density at radius 3 is 2.50 bits per heavy atom. The highest BCUT2D eigenvalue weighted by Crippen LogP contribution is 2.28. The van der Waals surface area contributed by atoms with E-state index < -0.39 is 16.0 Å². The van der Waals surface area contributed by atoms with Crippen molar-refractivity contribution in [2.75, 3.05) is 46.6 Å². The number of esters is 1. The quantitative estimate of drug-likeness (QED) is 0.464. The molecule has 30 heavy (non-hydrogen) atoms. The Kier molecular flexibility index (Phi) is 7.30. The van der Waals surface area contributed by atoms with E-state index in [-0.39, 0.29) is 42.5 Å². The third kappa shape index (κ3) is 5.10. The summed E-state index contributed by atoms with van der Waals surface area (Å²) >= 11 is 0. The van der Waals surface area contributed by atoms with Gasteiger partial charge in [-0.15, -0.1) is 0 Å². The minimum Gasteiger partial charge on any atom is -0.495 e. The monoisotopic (exact) mass is 435 g/mol. The van der Waals surface area contributed by atoms with Crippen LogP contribution in [0.5, 0.6) is 11.5 Å². The van der Waals surface area contributed by atoms with Crippen molar-refractivity contribution < 1.29 is 32.2 Å². The molecule has 0 aromatic heterocycles. The minimum absolute atomic E-state index is 0.0325. The first kappa shape index (κ1) is 22.1. The van der Waals surface area contributed by atoms with Crippen LogP contribution in [0.2, 0.25) is 0 Å². The van der Waals surface area contributed by atoms with Crippen molar-refractivity contribution in [3.05, 3.63) is 53.6 Å². The lowest BCUT2D eigenvalue weighted by atomic mass is 10.2. The highest BCUT2D eigenvalue weighted by molar-refractivity contribution is 7.89. The van der Waals surface area contributed by atoms with Crippen LogP contribution in [0.25, 0.3) is 0 Å². The van der Waals surface area contributed by atoms with Gasteiger partial charge in [0.1, 0.15) is 29.6 Å². The van der Waals surface area contributed by atoms with E-state index >= 15 is 0 Å². The second-order valence-electron chi connectivity index (χ2n) is 6.63. The Balaban J connectivity index is 1.67. The van der Waals surface area contributed by atoms with E-state index in [1.807, 2.05) is 31.2 Å². The van der Waals surface area contributed by atoms with Crippen LogP contribution < -0.4 is 9.47 Å². The van der Waals surface area contributed by atoms with Gasteiger partial charge in [0.2, 0.25) is 10.0 Å². The topological polar surface area (TPSA) is 91.4 Å². The molecule has 1 fully saturated rings. The van der Waals surface area contributed by atoms with Gasteiger partial charge in [-0.25, -0.2) is 13.2 Å². The molecule has 1 aliphatic heterocycles. The molecule has 162 valence electrons. The number of hydrogen-bond donors (Lipinski definition) is 0. The maximum atomic E-state index is 13.0. The maximum absolute atomic E-state index is 13.0. The molecule has 0 unspecified atom stereocenters. The molecule has 0 amide bonds. The van der Waals surface area contributed by atoms with Crippen molar-refractivity contribution in [2.45, 2.75) is 11.8 Å². The molecule has 0 bridgehead atoms. The first-order valence-electron chi connectivity index (χ1n) is 9.55. The predicted octanol–water partition coefficient (Wildman–Crippen LogP) is 2.26. The summed E-state index contributed by atoms with van der Waals surface area (Å²) in [6, 6.07) is 11.7. The van der Waals surface area contributed by atoms with Crippen molar-refractivity contribution in [1.29, 1.82) is 0 Å². The molecule has 2 aromatic carbocycles. The average molecular weight is 435 g/mol. The molecule has 0 N–H and O–H groups in total. The fraction of sp³-hybridized carbons (Fsp3) is 0.381. The van der Waals surface area contributed by atoms with Crippen LogP contribution in [-0.4, -0.2) is 65.3 Å². The van der Waals surface area contributed by atoms with Crippen LogP contribution >= 0.6 is 0 Å². The van der Waals surface area contributed by atoms with Crippen molar-refractivity contribution in [2.24, 2.45) is 0 Å². The molecular formula is C21H25NO7S. The number of sulfonamides is 1. The molecule has 0 atom stereocenters. The summed E-state index contributed by atoms with van der Waals surface area (Å²) in [5.74, 6) is 0.252. The molecule has 0 spiro atoms. The Morgan fingerprint density at radius 1 is 1.07 bits per heavy atom. The minimum atomic E-state index is -3.83. The first-order valence-corrected chi connectivity index (χ1v) is 11.0. The SMILES string of the molecule is COc1ccc(C(=O)OCCOc2ccccc2C)cc1S(=O)(=O)N1CCOCC1. The second-order valence-corrected chi connectivity index (χ2v) is 8.54. The van der Waals surface area contributed by atoms with E-state index in [4.69, 9.17) is 18.9 Å². The van der Waals surface area contributed by atoms with Crippen LogP contribution in [0.15, 0.2) is 47.4 Å². The van der Waals surface area contributed by atoms with Crippen LogP contribution in [-0.2, 0) is 19.5 Å². The Labute approximate surface area is 176 Å². The number of carbonyl (C=O) groups is 1. The Hall–Kier alpha value is -2.62. The van der Waals surface area contributed by atoms with Crippen LogP contribution in [0.4, 0.5) is 0 Å². The van der Waals surface area contributed by atoms with Gasteiger partial charge in [-0.2, -0.15) is 4.31 Å². The van der Waals surface area contributed by atoms with E-state index in [9.17, 15) is 13.2 Å². The molecule has 0 radical (unpaired) electrons. The molecule has 1 heterocycles. The number of benzene rings is 2. The van der Waals surface area contributed by atoms with E-state index in [0.717, 1.165) is 11.3 Å². The first-order chi connectivity index (χ1) is 14.4. The van der Waals surface area contributed by atoms with E-state index in [1.54, 1.807) is 0 Å². The number of methoxy groups -OCH3 is 1. The summed E-state index contributed by atoms with van der Waals surface area (Å²) in [6.07, 6.45) is 0. The molecule has 3 rings (SSSR count). The molecule has 8 nitrogen and oxygen atoms in total. The standard InChI is InChI=1S/C21H25NO7S/c1-16-5-3-4-6-18(16)28-13-14-29-21(23)17-7-8-19(26-2)20(15-17)30(24,25)22-9-11-27-12-10-22/h3-8,15H,9-14H2,1-2H3. The zero-order valence-corrected chi connectivity index (χ0v) is 17.8. The van der Waals surface area contributed by atoms with E-state index in [0.29, 0.717) is 13.2 Å². The predicted molar refractivity (Wildman–Crippen MR) is 110 cm³/mol. The lowest BCUT2D eigenvalue weighted by Crippen LogP contribution is -2.40. The van der Waals surface area contributed by atoms with Gasteiger partial charge < -0.3 is 18.9 Å². The Morgan fingerprint density at radius 2 is 1.80 bits per heavy atom. The number of hydrogen-bond acceptors (Lipinski definition) is 7. The van der Waals surface area contributed by atoms with Crippen LogP contribution in [0.1, 0.15) is 15.9 Å². The highest BCUT2D eigenvalue weighted by Gasteiger charge is 2.30. The number of ether oxygens (including phenoxy) is 4. The normalized spacial score (nSPS) is 14.9. The third-order valence-electron chi connectivity index (χ3n) is 4.65. The smallest absolute Gasteiger partial charge is 0.338 e. The van der Waals surface area contributed by atoms with Gasteiger partial charge in [-0.05, 0) is 36.8 Å². The molecular weight excluding hydrogens is 410 g/mol. The number of rotatable bonds is 8. The molecule has 1 aliphatic rings. The van der Waals surface area contributed by atoms with Crippen LogP contribution in [0, 0.1) is 6.92 Å². The van der Waals surface area contributed by atoms with Crippen molar-refractivity contribution in [1.82, 2.24) is 4.31 Å². The number of morpholine rings is 1. The third-order valence-corrected chi connectivity index (χ3v) is 6.57. The zero-order valence-electron chi connectivity index (χ0n) is 17.0. The van der Waals surface area contributed by atoms with Crippen molar-refractivity contribution in [3.8, 4) is 11.5 Å². The summed E-state index contributed by atoms with van der Waals surface area (Å²) in [4.78, 5) is 12.4. The van der Waals surface area contributed by atoms with E-state index in [2.05, 4.69) is 0 Å². The summed E-state index contributed by atoms with van der Waals surface area (Å²) < 4.78 is 48.6. The Bertz CT molecular complexity index is 985. The lowest BCUT2D eigenvalue weighted by Gasteiger charge is -2.26. The van der Waals surface area contributed by atoms with E-state index in [1.165, 1.54) is 29.6 Å². The fourth-order valence-corrected chi connectivity index (χ4v) is 4.61. The zero-order chi connectivity index (χ0) is 21.6. The number of carbonyl (C=O) groups excluding carboxylic acids is 1. The second kappa shape index (κ2) is 9.92. The summed E-state index contributed by atoms with van der Waals surface area (Å²) in [6.45, 7) is 3.28. The maximum Gasteiger partial charge on any atom is 0.338 e. The van der Waals surface area contributed by atoms with Gasteiger partial charge >= 0.3 is 5.97 Å². The highest BCUT2D eigenvalue weighted by atomic mass is 32.2. The fourth-order valence-electron chi connectivity index (χ4n) is 3.02. The molecule has 0 aliphatic carbocycles. The number of para-hydroxylation sites is 1. The number of nitrogens with zero attached hydrogens (tertiary/aromatic N) is 1. The largest absolute Gasteiger partial charge is 0.495 e. The summed E-state index contributed by atoms with van der Waals surface area (Å²) in [5, 5.41) is 0. The number of aryl methyl sites for hydroxylation is 1. The molecule has 0 saturated carbocycles. The van der Waals surface area contributed by atoms with Gasteiger partial charge in [0, 0.05) is 13.1 Å². The van der Waals surface area contributed by atoms with Gasteiger partial charge in [-0.3, -0.25) is 0 Å². The van der Waals surface area contributed by atoms with Gasteiger partial charge in [0.25, 0.3) is 0 Å². The summed E-state index contributed by atoms with van der Waals surface area (Å²) in [7, 11) is -2.45. The van der Waals surface area contributed by atoms with Crippen LogP contribution in [0.3, 0.4) is 0 Å². The summed E-state index contributed by atoms with van der Waals surface area (Å²) in [5.41, 5.74) is 1.11. The lowest BCUT2D eigenvalue weighted by molar-refractivity contribution is 0.0449. The van der Waals surface area contributed by atoms with Crippen molar-refractivity contribution >= 4 is 16.0 Å². The van der Waals surface area contributed by atoms with Crippen molar-refractivity contribution in [3.63, 3.8) is 0 Å². The van der Waals surface area contributed by atoms with Gasteiger partial charge in [-0.1, -0.05) is 18.2 Å².